The average Bonchev–Trinajstić information content (AvgIpc) is 3.32. The van der Waals surface area contributed by atoms with Gasteiger partial charge in [0.15, 0.2) is 0 Å². The van der Waals surface area contributed by atoms with Gasteiger partial charge in [-0.15, -0.1) is 0 Å². The molecule has 5 rings (SSSR count). The molecule has 23 heavy (non-hydrogen) atoms. The Kier molecular flexibility index (Phi) is 3.37. The van der Waals surface area contributed by atoms with Gasteiger partial charge in [0.1, 0.15) is 0 Å². The van der Waals surface area contributed by atoms with Crippen LogP contribution in [0.5, 0.6) is 0 Å². The molecule has 0 saturated carbocycles. The molecule has 2 N–H and O–H groups in total. The molecule has 1 aromatic carbocycles. The van der Waals surface area contributed by atoms with Gasteiger partial charge in [-0.2, -0.15) is 0 Å². The van der Waals surface area contributed by atoms with Crippen LogP contribution in [0, 0.1) is 0 Å². The van der Waals surface area contributed by atoms with Crippen LogP contribution in [0.4, 0.5) is 5.69 Å². The third-order valence-electron chi connectivity index (χ3n) is 5.15. The number of ether oxygens (including phenoxy) is 4. The van der Waals surface area contributed by atoms with Gasteiger partial charge in [-0.25, -0.2) is 0 Å². The van der Waals surface area contributed by atoms with Crippen LogP contribution in [-0.4, -0.2) is 50.8 Å². The maximum Gasteiger partial charge on any atom is 0.0851 e. The van der Waals surface area contributed by atoms with Gasteiger partial charge in [-0.3, -0.25) is 0 Å². The lowest BCUT2D eigenvalue weighted by Gasteiger charge is -2.20. The normalized spacial score (nSPS) is 33.6. The van der Waals surface area contributed by atoms with Crippen molar-refractivity contribution in [3.05, 3.63) is 28.3 Å². The molecule has 0 bridgehead atoms. The number of rotatable bonds is 8. The number of hydrogen-bond acceptors (Lipinski definition) is 5. The van der Waals surface area contributed by atoms with Gasteiger partial charge in [0, 0.05) is 31.4 Å². The lowest BCUT2D eigenvalue weighted by molar-refractivity contribution is 0.395. The SMILES string of the molecule is Nc1cc(CC2CO2)c(CC2CO2)c(CC2CO2)c1CC1CO1. The molecule has 124 valence electrons. The Labute approximate surface area is 136 Å². The van der Waals surface area contributed by atoms with Gasteiger partial charge >= 0.3 is 0 Å². The van der Waals surface area contributed by atoms with Crippen molar-refractivity contribution < 1.29 is 18.9 Å². The fourth-order valence-electron chi connectivity index (χ4n) is 3.51. The number of hydrogen-bond donors (Lipinski definition) is 1. The summed E-state index contributed by atoms with van der Waals surface area (Å²) in [6, 6.07) is 2.17. The van der Waals surface area contributed by atoms with Crippen molar-refractivity contribution in [3.8, 4) is 0 Å². The molecule has 1 aromatic rings. The van der Waals surface area contributed by atoms with Crippen LogP contribution in [0.15, 0.2) is 6.07 Å². The predicted octanol–water partition coefficient (Wildman–Crippen LogP) is 1.03. The molecule has 0 aliphatic carbocycles. The Balaban J connectivity index is 1.54. The van der Waals surface area contributed by atoms with Crippen LogP contribution in [0.2, 0.25) is 0 Å². The first kappa shape index (κ1) is 14.2. The van der Waals surface area contributed by atoms with Crippen LogP contribution >= 0.6 is 0 Å². The van der Waals surface area contributed by atoms with Crippen LogP contribution in [0.25, 0.3) is 0 Å². The van der Waals surface area contributed by atoms with Crippen molar-refractivity contribution in [2.75, 3.05) is 32.2 Å². The van der Waals surface area contributed by atoms with Gasteiger partial charge in [-0.1, -0.05) is 0 Å². The molecule has 4 atom stereocenters. The highest BCUT2D eigenvalue weighted by Gasteiger charge is 2.34. The van der Waals surface area contributed by atoms with Crippen LogP contribution in [0.3, 0.4) is 0 Å². The summed E-state index contributed by atoms with van der Waals surface area (Å²) in [7, 11) is 0. The van der Waals surface area contributed by atoms with Crippen LogP contribution in [0.1, 0.15) is 22.3 Å². The topological polar surface area (TPSA) is 76.1 Å². The monoisotopic (exact) mass is 317 g/mol. The van der Waals surface area contributed by atoms with Crippen molar-refractivity contribution in [1.29, 1.82) is 0 Å². The summed E-state index contributed by atoms with van der Waals surface area (Å²) >= 11 is 0. The van der Waals surface area contributed by atoms with E-state index in [0.29, 0.717) is 24.4 Å². The first-order valence-electron chi connectivity index (χ1n) is 8.64. The number of anilines is 1. The quantitative estimate of drug-likeness (QED) is 0.572. The fourth-order valence-corrected chi connectivity index (χ4v) is 3.51. The van der Waals surface area contributed by atoms with Crippen molar-refractivity contribution in [1.82, 2.24) is 0 Å². The molecule has 5 heteroatoms. The summed E-state index contributed by atoms with van der Waals surface area (Å²) in [5, 5.41) is 0. The molecule has 4 aliphatic heterocycles. The summed E-state index contributed by atoms with van der Waals surface area (Å²) in [6.45, 7) is 3.48. The molecule has 0 aromatic heterocycles. The Bertz CT molecular complexity index is 616. The Morgan fingerprint density at radius 3 is 1.65 bits per heavy atom. The van der Waals surface area contributed by atoms with Gasteiger partial charge in [0.05, 0.1) is 50.8 Å². The molecule has 5 nitrogen and oxygen atoms in total. The second-order valence-corrected chi connectivity index (χ2v) is 7.20. The first-order valence-corrected chi connectivity index (χ1v) is 8.64. The standard InChI is InChI=1S/C18H23NO4/c19-18-2-10(1-11-6-20-11)15(3-12-7-21-12)16(4-13-8-22-13)17(18)5-14-9-23-14/h2,11-14H,1,3-9,19H2. The van der Waals surface area contributed by atoms with Crippen LogP contribution < -0.4 is 5.73 Å². The van der Waals surface area contributed by atoms with E-state index in [-0.39, 0.29) is 0 Å². The van der Waals surface area contributed by atoms with Gasteiger partial charge in [-0.05, 0) is 28.3 Å². The summed E-state index contributed by atoms with van der Waals surface area (Å²) < 4.78 is 21.9. The largest absolute Gasteiger partial charge is 0.398 e. The zero-order chi connectivity index (χ0) is 15.4. The summed E-state index contributed by atoms with van der Waals surface area (Å²) in [5.41, 5.74) is 12.8. The lowest BCUT2D eigenvalue weighted by Crippen LogP contribution is -2.15. The van der Waals surface area contributed by atoms with E-state index in [2.05, 4.69) is 6.07 Å². The molecule has 0 radical (unpaired) electrons. The van der Waals surface area contributed by atoms with E-state index in [4.69, 9.17) is 24.7 Å². The molecule has 4 saturated heterocycles. The lowest BCUT2D eigenvalue weighted by atomic mass is 9.86. The Morgan fingerprint density at radius 2 is 1.13 bits per heavy atom. The number of epoxide rings is 4. The Hall–Kier alpha value is -1.14. The third kappa shape index (κ3) is 3.38. The maximum atomic E-state index is 6.44. The van der Waals surface area contributed by atoms with Crippen LogP contribution in [-0.2, 0) is 44.6 Å². The molecule has 0 amide bonds. The zero-order valence-corrected chi connectivity index (χ0v) is 13.3. The van der Waals surface area contributed by atoms with E-state index in [9.17, 15) is 0 Å². The first-order chi connectivity index (χ1) is 11.3. The van der Waals surface area contributed by atoms with E-state index in [1.165, 1.54) is 22.3 Å². The van der Waals surface area contributed by atoms with Crippen molar-refractivity contribution in [2.45, 2.75) is 50.1 Å². The van der Waals surface area contributed by atoms with E-state index in [0.717, 1.165) is 57.8 Å². The fraction of sp³-hybridized carbons (Fsp3) is 0.667. The molecule has 4 unspecified atom stereocenters. The molecule has 4 heterocycles. The molecular formula is C18H23NO4. The highest BCUT2D eigenvalue weighted by Crippen LogP contribution is 2.35. The number of nitrogen functional groups attached to an aromatic ring is 1. The zero-order valence-electron chi connectivity index (χ0n) is 13.3. The highest BCUT2D eigenvalue weighted by atomic mass is 16.6. The minimum Gasteiger partial charge on any atom is -0.398 e. The molecule has 4 aliphatic rings. The maximum absolute atomic E-state index is 6.44. The smallest absolute Gasteiger partial charge is 0.0851 e. The third-order valence-corrected chi connectivity index (χ3v) is 5.15. The van der Waals surface area contributed by atoms with Crippen molar-refractivity contribution in [3.63, 3.8) is 0 Å². The average molecular weight is 317 g/mol. The van der Waals surface area contributed by atoms with Gasteiger partial charge < -0.3 is 24.7 Å². The second kappa shape index (κ2) is 5.45. The number of benzene rings is 1. The van der Waals surface area contributed by atoms with E-state index in [1.807, 2.05) is 0 Å². The van der Waals surface area contributed by atoms with E-state index in [1.54, 1.807) is 0 Å². The Morgan fingerprint density at radius 1 is 0.696 bits per heavy atom. The second-order valence-electron chi connectivity index (χ2n) is 7.20. The molecule has 0 spiro atoms. The minimum atomic E-state index is 0.346. The summed E-state index contributed by atoms with van der Waals surface area (Å²) in [6.07, 6.45) is 5.30. The van der Waals surface area contributed by atoms with Gasteiger partial charge in [0.2, 0.25) is 0 Å². The van der Waals surface area contributed by atoms with E-state index < -0.39 is 0 Å². The highest BCUT2D eigenvalue weighted by molar-refractivity contribution is 5.59. The predicted molar refractivity (Wildman–Crippen MR) is 84.6 cm³/mol. The summed E-state index contributed by atoms with van der Waals surface area (Å²) in [4.78, 5) is 0. The van der Waals surface area contributed by atoms with Crippen molar-refractivity contribution >= 4 is 5.69 Å². The van der Waals surface area contributed by atoms with Gasteiger partial charge in [0.25, 0.3) is 0 Å². The molecule has 4 fully saturated rings. The van der Waals surface area contributed by atoms with E-state index >= 15 is 0 Å². The number of nitrogens with two attached hydrogens (primary N) is 1. The van der Waals surface area contributed by atoms with Crippen molar-refractivity contribution in [2.24, 2.45) is 0 Å². The minimum absolute atomic E-state index is 0.346. The summed E-state index contributed by atoms with van der Waals surface area (Å²) in [5.74, 6) is 0. The molecular weight excluding hydrogens is 294 g/mol.